The Morgan fingerprint density at radius 2 is 1.43 bits per heavy atom. The molecule has 0 aliphatic heterocycles. The first-order valence-corrected chi connectivity index (χ1v) is 9.67. The van der Waals surface area contributed by atoms with Crippen molar-refractivity contribution in [3.63, 3.8) is 0 Å². The zero-order valence-corrected chi connectivity index (χ0v) is 16.3. The van der Waals surface area contributed by atoms with E-state index in [2.05, 4.69) is 6.07 Å². The Morgan fingerprint density at radius 1 is 0.767 bits per heavy atom. The SMILES string of the molecule is N#Cc1ccc(C(=O)Cc2c3ccccc3cc[n+]2CC(=O)c2ccccc2)cc1. The van der Waals surface area contributed by atoms with Gasteiger partial charge in [0.05, 0.1) is 18.1 Å². The Bertz CT molecular complexity index is 1270. The van der Waals surface area contributed by atoms with E-state index >= 15 is 0 Å². The van der Waals surface area contributed by atoms with Crippen molar-refractivity contribution in [3.05, 3.63) is 114 Å². The highest BCUT2D eigenvalue weighted by molar-refractivity contribution is 5.99. The number of nitriles is 1. The van der Waals surface area contributed by atoms with Crippen LogP contribution in [0.2, 0.25) is 0 Å². The molecule has 4 heteroatoms. The smallest absolute Gasteiger partial charge is 0.227 e. The molecule has 1 heterocycles. The predicted molar refractivity (Wildman–Crippen MR) is 114 cm³/mol. The van der Waals surface area contributed by atoms with Crippen LogP contribution in [0.5, 0.6) is 0 Å². The van der Waals surface area contributed by atoms with Gasteiger partial charge in [-0.1, -0.05) is 60.7 Å². The summed E-state index contributed by atoms with van der Waals surface area (Å²) in [5, 5.41) is 10.9. The first-order valence-electron chi connectivity index (χ1n) is 9.67. The molecule has 0 spiro atoms. The van der Waals surface area contributed by atoms with Crippen LogP contribution in [0.3, 0.4) is 0 Å². The third-order valence-corrected chi connectivity index (χ3v) is 5.13. The van der Waals surface area contributed by atoms with E-state index < -0.39 is 0 Å². The summed E-state index contributed by atoms with van der Waals surface area (Å²) in [6, 6.07) is 27.7. The number of Topliss-reactive ketones (excluding diaryl/α,β-unsaturated/α-hetero) is 2. The average molecular weight is 391 g/mol. The lowest BCUT2D eigenvalue weighted by Crippen LogP contribution is -2.42. The normalized spacial score (nSPS) is 10.5. The van der Waals surface area contributed by atoms with Crippen LogP contribution >= 0.6 is 0 Å². The fourth-order valence-electron chi connectivity index (χ4n) is 3.52. The number of ketones is 2. The highest BCUT2D eigenvalue weighted by Crippen LogP contribution is 2.18. The average Bonchev–Trinajstić information content (AvgIpc) is 2.81. The Hall–Kier alpha value is -4.10. The summed E-state index contributed by atoms with van der Waals surface area (Å²) in [6.07, 6.45) is 2.03. The van der Waals surface area contributed by atoms with Crippen molar-refractivity contribution in [1.29, 1.82) is 5.26 Å². The van der Waals surface area contributed by atoms with Crippen LogP contribution in [-0.4, -0.2) is 11.6 Å². The molecular weight excluding hydrogens is 372 g/mol. The molecule has 4 aromatic rings. The largest absolute Gasteiger partial charge is 0.294 e. The molecule has 3 aromatic carbocycles. The molecule has 0 N–H and O–H groups in total. The topological polar surface area (TPSA) is 61.8 Å². The summed E-state index contributed by atoms with van der Waals surface area (Å²) in [5.74, 6) is -0.0697. The van der Waals surface area contributed by atoms with E-state index in [1.54, 1.807) is 36.4 Å². The van der Waals surface area contributed by atoms with Crippen molar-refractivity contribution in [2.45, 2.75) is 13.0 Å². The lowest BCUT2D eigenvalue weighted by atomic mass is 10.0. The summed E-state index contributed by atoms with van der Waals surface area (Å²) in [4.78, 5) is 25.8. The summed E-state index contributed by atoms with van der Waals surface area (Å²) in [5.41, 5.74) is 2.50. The number of carbonyl (C=O) groups excluding carboxylic acids is 2. The van der Waals surface area contributed by atoms with E-state index in [0.29, 0.717) is 16.7 Å². The van der Waals surface area contributed by atoms with Crippen LogP contribution in [0, 0.1) is 11.3 Å². The second-order valence-corrected chi connectivity index (χ2v) is 7.06. The maximum atomic E-state index is 13.0. The van der Waals surface area contributed by atoms with Crippen molar-refractivity contribution in [2.75, 3.05) is 0 Å². The molecule has 4 rings (SSSR count). The van der Waals surface area contributed by atoms with E-state index in [9.17, 15) is 9.59 Å². The molecule has 0 unspecified atom stereocenters. The minimum atomic E-state index is -0.0586. The van der Waals surface area contributed by atoms with Crippen LogP contribution in [0.1, 0.15) is 32.0 Å². The van der Waals surface area contributed by atoms with Gasteiger partial charge in [-0.15, -0.1) is 0 Å². The maximum absolute atomic E-state index is 13.0. The Kier molecular flexibility index (Phi) is 5.45. The molecule has 0 aliphatic carbocycles. The number of hydrogen-bond donors (Lipinski definition) is 0. The zero-order valence-electron chi connectivity index (χ0n) is 16.3. The van der Waals surface area contributed by atoms with E-state index in [-0.39, 0.29) is 24.5 Å². The molecular formula is C26H19N2O2+. The third-order valence-electron chi connectivity index (χ3n) is 5.13. The Morgan fingerprint density at radius 3 is 2.17 bits per heavy atom. The minimum Gasteiger partial charge on any atom is -0.294 e. The van der Waals surface area contributed by atoms with Gasteiger partial charge >= 0.3 is 0 Å². The van der Waals surface area contributed by atoms with Gasteiger partial charge in [-0.25, -0.2) is 0 Å². The van der Waals surface area contributed by atoms with Gasteiger partial charge in [0.15, 0.2) is 17.7 Å². The second-order valence-electron chi connectivity index (χ2n) is 7.06. The monoisotopic (exact) mass is 391 g/mol. The molecule has 144 valence electrons. The maximum Gasteiger partial charge on any atom is 0.227 e. The molecule has 0 bridgehead atoms. The van der Waals surface area contributed by atoms with Gasteiger partial charge in [0, 0.05) is 22.6 Å². The number of pyridine rings is 1. The van der Waals surface area contributed by atoms with E-state index in [1.807, 2.05) is 59.3 Å². The predicted octanol–water partition coefficient (Wildman–Crippen LogP) is 4.31. The van der Waals surface area contributed by atoms with Gasteiger partial charge in [0.1, 0.15) is 0 Å². The van der Waals surface area contributed by atoms with Crippen molar-refractivity contribution < 1.29 is 14.2 Å². The van der Waals surface area contributed by atoms with E-state index in [0.717, 1.165) is 16.5 Å². The molecule has 0 saturated heterocycles. The molecule has 0 fully saturated rings. The number of fused-ring (bicyclic) bond motifs is 1. The quantitative estimate of drug-likeness (QED) is 0.363. The van der Waals surface area contributed by atoms with Crippen LogP contribution in [0.25, 0.3) is 10.8 Å². The number of aromatic nitrogens is 1. The summed E-state index contributed by atoms with van der Waals surface area (Å²) < 4.78 is 1.86. The first-order chi connectivity index (χ1) is 14.7. The number of benzene rings is 3. The van der Waals surface area contributed by atoms with Crippen molar-refractivity contribution in [2.24, 2.45) is 0 Å². The fraction of sp³-hybridized carbons (Fsp3) is 0.0769. The standard InChI is InChI=1S/C26H19N2O2/c27-17-19-10-12-22(13-11-19)25(29)16-24-23-9-5-4-6-20(23)14-15-28(24)18-26(30)21-7-2-1-3-8-21/h1-15H,16,18H2/q+1. The highest BCUT2D eigenvalue weighted by atomic mass is 16.1. The molecule has 0 radical (unpaired) electrons. The minimum absolute atomic E-state index is 0.0112. The fourth-order valence-corrected chi connectivity index (χ4v) is 3.52. The lowest BCUT2D eigenvalue weighted by molar-refractivity contribution is -0.688. The van der Waals surface area contributed by atoms with Crippen LogP contribution < -0.4 is 4.57 Å². The van der Waals surface area contributed by atoms with Crippen molar-refractivity contribution in [3.8, 4) is 6.07 Å². The molecule has 30 heavy (non-hydrogen) atoms. The zero-order chi connectivity index (χ0) is 20.9. The molecule has 0 amide bonds. The second kappa shape index (κ2) is 8.50. The van der Waals surface area contributed by atoms with Gasteiger partial charge in [-0.05, 0) is 23.6 Å². The van der Waals surface area contributed by atoms with Crippen LogP contribution in [-0.2, 0) is 13.0 Å². The van der Waals surface area contributed by atoms with Crippen molar-refractivity contribution in [1.82, 2.24) is 0 Å². The number of nitrogens with zero attached hydrogens (tertiary/aromatic N) is 2. The highest BCUT2D eigenvalue weighted by Gasteiger charge is 2.22. The number of rotatable bonds is 6. The Labute approximate surface area is 174 Å². The van der Waals surface area contributed by atoms with Gasteiger partial charge < -0.3 is 0 Å². The van der Waals surface area contributed by atoms with Gasteiger partial charge in [-0.3, -0.25) is 9.59 Å². The molecule has 1 aromatic heterocycles. The van der Waals surface area contributed by atoms with Gasteiger partial charge in [0.2, 0.25) is 12.3 Å². The number of carbonyl (C=O) groups is 2. The molecule has 0 saturated carbocycles. The lowest BCUT2D eigenvalue weighted by Gasteiger charge is -2.08. The van der Waals surface area contributed by atoms with E-state index in [4.69, 9.17) is 5.26 Å². The number of hydrogen-bond acceptors (Lipinski definition) is 3. The van der Waals surface area contributed by atoms with Crippen LogP contribution in [0.4, 0.5) is 0 Å². The van der Waals surface area contributed by atoms with Crippen molar-refractivity contribution >= 4 is 22.3 Å². The third kappa shape index (κ3) is 4.01. The Balaban J connectivity index is 1.71. The van der Waals surface area contributed by atoms with Crippen LogP contribution in [0.15, 0.2) is 91.1 Å². The first kappa shape index (κ1) is 19.2. The molecule has 0 aliphatic rings. The molecule has 4 nitrogen and oxygen atoms in total. The summed E-state index contributed by atoms with van der Waals surface area (Å²) in [6.45, 7) is 0.158. The van der Waals surface area contributed by atoms with Gasteiger partial charge in [-0.2, -0.15) is 9.83 Å². The van der Waals surface area contributed by atoms with E-state index in [1.165, 1.54) is 0 Å². The van der Waals surface area contributed by atoms with Gasteiger partial charge in [0.25, 0.3) is 0 Å². The summed E-state index contributed by atoms with van der Waals surface area (Å²) in [7, 11) is 0. The molecule has 0 atom stereocenters. The summed E-state index contributed by atoms with van der Waals surface area (Å²) >= 11 is 0.